The molecule has 1 amide bonds. The molecule has 138 valence electrons. The maximum absolute atomic E-state index is 12.6. The number of ether oxygens (including phenoxy) is 1. The van der Waals surface area contributed by atoms with Crippen molar-refractivity contribution >= 4 is 17.8 Å². The van der Waals surface area contributed by atoms with Crippen LogP contribution in [0.25, 0.3) is 0 Å². The molecule has 6 nitrogen and oxygen atoms in total. The van der Waals surface area contributed by atoms with Crippen LogP contribution in [0, 0.1) is 12.3 Å². The summed E-state index contributed by atoms with van der Waals surface area (Å²) < 4.78 is 5.32. The van der Waals surface area contributed by atoms with E-state index in [1.807, 2.05) is 55.6 Å². The molecule has 0 bridgehead atoms. The van der Waals surface area contributed by atoms with Gasteiger partial charge in [-0.1, -0.05) is 18.2 Å². The first-order valence-electron chi connectivity index (χ1n) is 8.56. The largest absolute Gasteiger partial charge is 0.496 e. The number of amides is 1. The van der Waals surface area contributed by atoms with Crippen LogP contribution in [0.3, 0.4) is 0 Å². The summed E-state index contributed by atoms with van der Waals surface area (Å²) in [6.07, 6.45) is 6.45. The molecule has 0 fully saturated rings. The summed E-state index contributed by atoms with van der Waals surface area (Å²) in [4.78, 5) is 12.6. The maximum atomic E-state index is 12.6. The Kier molecular flexibility index (Phi) is 5.56. The molecule has 0 saturated carbocycles. The SMILES string of the molecule is COc1cc(C)ccc1C(=O)Nc1cccc([C@H]2NC=C(/C=C\C=N)N2)c1. The number of hydrogen-bond acceptors (Lipinski definition) is 5. The van der Waals surface area contributed by atoms with Crippen molar-refractivity contribution in [2.24, 2.45) is 0 Å². The van der Waals surface area contributed by atoms with Crippen molar-refractivity contribution in [3.63, 3.8) is 0 Å². The third kappa shape index (κ3) is 4.36. The van der Waals surface area contributed by atoms with Gasteiger partial charge in [-0.25, -0.2) is 0 Å². The molecule has 3 rings (SSSR count). The molecule has 0 saturated heterocycles. The molecule has 0 aliphatic carbocycles. The molecule has 1 aliphatic rings. The highest BCUT2D eigenvalue weighted by Crippen LogP contribution is 2.23. The Bertz CT molecular complexity index is 918. The molecule has 1 aliphatic heterocycles. The molecular formula is C21H22N4O2. The van der Waals surface area contributed by atoms with Gasteiger partial charge >= 0.3 is 0 Å². The zero-order chi connectivity index (χ0) is 19.2. The Morgan fingerprint density at radius 2 is 2.11 bits per heavy atom. The first kappa shape index (κ1) is 18.3. The summed E-state index contributed by atoms with van der Waals surface area (Å²) in [5.74, 6) is 0.332. The van der Waals surface area contributed by atoms with Crippen LogP contribution >= 0.6 is 0 Å². The van der Waals surface area contributed by atoms with Gasteiger partial charge in [0.25, 0.3) is 5.91 Å². The maximum Gasteiger partial charge on any atom is 0.259 e. The number of hydrogen-bond donors (Lipinski definition) is 4. The van der Waals surface area contributed by atoms with Gasteiger partial charge in [0.2, 0.25) is 0 Å². The summed E-state index contributed by atoms with van der Waals surface area (Å²) in [6.45, 7) is 1.95. The molecule has 27 heavy (non-hydrogen) atoms. The number of anilines is 1. The second-order valence-corrected chi connectivity index (χ2v) is 6.15. The lowest BCUT2D eigenvalue weighted by Crippen LogP contribution is -2.22. The van der Waals surface area contributed by atoms with E-state index in [0.29, 0.717) is 17.0 Å². The highest BCUT2D eigenvalue weighted by atomic mass is 16.5. The van der Waals surface area contributed by atoms with E-state index in [-0.39, 0.29) is 12.1 Å². The fourth-order valence-electron chi connectivity index (χ4n) is 2.83. The third-order valence-electron chi connectivity index (χ3n) is 4.17. The Morgan fingerprint density at radius 3 is 2.89 bits per heavy atom. The Morgan fingerprint density at radius 1 is 1.26 bits per heavy atom. The summed E-state index contributed by atoms with van der Waals surface area (Å²) >= 11 is 0. The predicted octanol–water partition coefficient (Wildman–Crippen LogP) is 3.49. The smallest absolute Gasteiger partial charge is 0.259 e. The fourth-order valence-corrected chi connectivity index (χ4v) is 2.83. The molecular weight excluding hydrogens is 340 g/mol. The van der Waals surface area contributed by atoms with E-state index in [0.717, 1.165) is 16.8 Å². The van der Waals surface area contributed by atoms with E-state index in [2.05, 4.69) is 16.0 Å². The van der Waals surface area contributed by atoms with Crippen LogP contribution in [0.5, 0.6) is 5.75 Å². The lowest BCUT2D eigenvalue weighted by molar-refractivity contribution is 0.102. The number of carbonyl (C=O) groups excluding carboxylic acids is 1. The van der Waals surface area contributed by atoms with E-state index < -0.39 is 0 Å². The third-order valence-corrected chi connectivity index (χ3v) is 4.17. The fraction of sp³-hybridized carbons (Fsp3) is 0.143. The van der Waals surface area contributed by atoms with Crippen molar-refractivity contribution in [2.45, 2.75) is 13.1 Å². The number of methoxy groups -OCH3 is 1. The van der Waals surface area contributed by atoms with E-state index in [4.69, 9.17) is 10.1 Å². The van der Waals surface area contributed by atoms with Crippen LogP contribution in [0.15, 0.2) is 66.5 Å². The molecule has 6 heteroatoms. The van der Waals surface area contributed by atoms with Crippen LogP contribution in [0.4, 0.5) is 5.69 Å². The minimum Gasteiger partial charge on any atom is -0.496 e. The first-order chi connectivity index (χ1) is 13.1. The van der Waals surface area contributed by atoms with Gasteiger partial charge in [-0.2, -0.15) is 0 Å². The average Bonchev–Trinajstić information content (AvgIpc) is 3.15. The Labute approximate surface area is 158 Å². The van der Waals surface area contributed by atoms with Crippen molar-refractivity contribution in [2.75, 3.05) is 12.4 Å². The Hall–Kier alpha value is -3.54. The molecule has 0 spiro atoms. The highest BCUT2D eigenvalue weighted by Gasteiger charge is 2.17. The summed E-state index contributed by atoms with van der Waals surface area (Å²) in [5, 5.41) is 16.5. The van der Waals surface area contributed by atoms with Crippen molar-refractivity contribution in [1.29, 1.82) is 5.41 Å². The van der Waals surface area contributed by atoms with Gasteiger partial charge in [-0.05, 0) is 54.5 Å². The van der Waals surface area contributed by atoms with Gasteiger partial charge < -0.3 is 26.1 Å². The minimum absolute atomic E-state index is 0.0962. The van der Waals surface area contributed by atoms with Crippen LogP contribution < -0.4 is 20.7 Å². The van der Waals surface area contributed by atoms with Gasteiger partial charge in [-0.15, -0.1) is 0 Å². The van der Waals surface area contributed by atoms with Crippen LogP contribution in [-0.2, 0) is 0 Å². The first-order valence-corrected chi connectivity index (χ1v) is 8.56. The molecule has 0 aromatic heterocycles. The second kappa shape index (κ2) is 8.23. The van der Waals surface area contributed by atoms with Gasteiger partial charge in [-0.3, -0.25) is 4.79 Å². The molecule has 2 aromatic carbocycles. The summed E-state index contributed by atoms with van der Waals surface area (Å²) in [5.41, 5.74) is 4.10. The summed E-state index contributed by atoms with van der Waals surface area (Å²) in [6, 6.07) is 13.1. The normalized spacial score (nSPS) is 15.6. The van der Waals surface area contributed by atoms with Crippen molar-refractivity contribution in [1.82, 2.24) is 10.6 Å². The molecule has 0 unspecified atom stereocenters. The van der Waals surface area contributed by atoms with Crippen molar-refractivity contribution in [3.8, 4) is 5.75 Å². The predicted molar refractivity (Wildman–Crippen MR) is 107 cm³/mol. The van der Waals surface area contributed by atoms with Crippen molar-refractivity contribution in [3.05, 3.63) is 83.2 Å². The number of carbonyl (C=O) groups is 1. The van der Waals surface area contributed by atoms with E-state index >= 15 is 0 Å². The van der Waals surface area contributed by atoms with Crippen LogP contribution in [-0.4, -0.2) is 19.2 Å². The number of aryl methyl sites for hydroxylation is 1. The molecule has 2 aromatic rings. The average molecular weight is 362 g/mol. The lowest BCUT2D eigenvalue weighted by atomic mass is 10.1. The molecule has 4 N–H and O–H groups in total. The van der Waals surface area contributed by atoms with E-state index in [1.165, 1.54) is 6.21 Å². The molecule has 0 radical (unpaired) electrons. The number of benzene rings is 2. The van der Waals surface area contributed by atoms with Gasteiger partial charge in [0.1, 0.15) is 11.9 Å². The number of allylic oxidation sites excluding steroid dienone is 2. The summed E-state index contributed by atoms with van der Waals surface area (Å²) in [7, 11) is 1.56. The van der Waals surface area contributed by atoms with E-state index in [9.17, 15) is 4.79 Å². The van der Waals surface area contributed by atoms with Crippen LogP contribution in [0.2, 0.25) is 0 Å². The Balaban J connectivity index is 1.72. The lowest BCUT2D eigenvalue weighted by Gasteiger charge is -2.15. The number of nitrogens with one attached hydrogen (secondary N) is 4. The number of rotatable bonds is 6. The monoisotopic (exact) mass is 362 g/mol. The minimum atomic E-state index is -0.218. The van der Waals surface area contributed by atoms with Crippen LogP contribution in [0.1, 0.15) is 27.7 Å². The zero-order valence-corrected chi connectivity index (χ0v) is 15.2. The second-order valence-electron chi connectivity index (χ2n) is 6.15. The molecule has 1 atom stereocenters. The van der Waals surface area contributed by atoms with Gasteiger partial charge in [0, 0.05) is 18.1 Å². The topological polar surface area (TPSA) is 86.2 Å². The van der Waals surface area contributed by atoms with E-state index in [1.54, 1.807) is 19.3 Å². The quantitative estimate of drug-likeness (QED) is 0.593. The standard InChI is InChI=1S/C21H22N4O2/c1-14-8-9-18(19(11-14)27-2)21(26)25-16-6-3-5-15(12-16)20-23-13-17(24-20)7-4-10-22/h3-13,20,22-24H,1-2H3,(H,25,26)/b7-4-,22-10?/t20-/m0/s1. The van der Waals surface area contributed by atoms with Crippen molar-refractivity contribution < 1.29 is 9.53 Å². The van der Waals surface area contributed by atoms with Gasteiger partial charge in [0.05, 0.1) is 18.4 Å². The zero-order valence-electron chi connectivity index (χ0n) is 15.2. The van der Waals surface area contributed by atoms with Gasteiger partial charge in [0.15, 0.2) is 0 Å². The highest BCUT2D eigenvalue weighted by molar-refractivity contribution is 6.06. The molecule has 1 heterocycles.